The average Bonchev–Trinajstić information content (AvgIpc) is 2.26. The molecule has 0 radical (unpaired) electrons. The van der Waals surface area contributed by atoms with Crippen LogP contribution in [-0.4, -0.2) is 25.8 Å². The van der Waals surface area contributed by atoms with Crippen molar-refractivity contribution < 1.29 is 4.74 Å². The van der Waals surface area contributed by atoms with Crippen LogP contribution in [0.3, 0.4) is 0 Å². The topological polar surface area (TPSA) is 21.3 Å². The Labute approximate surface area is 102 Å². The van der Waals surface area contributed by atoms with Crippen LogP contribution in [0, 0.1) is 5.92 Å². The molecule has 0 fully saturated rings. The fraction of sp³-hybridized carbons (Fsp3) is 1.00. The van der Waals surface area contributed by atoms with Crippen LogP contribution >= 0.6 is 0 Å². The molecule has 0 aromatic heterocycles. The fourth-order valence-electron chi connectivity index (χ4n) is 1.67. The van der Waals surface area contributed by atoms with Crippen molar-refractivity contribution in [1.29, 1.82) is 0 Å². The van der Waals surface area contributed by atoms with Gasteiger partial charge in [-0.15, -0.1) is 0 Å². The Kier molecular flexibility index (Phi) is 11.3. The number of hydrogen-bond acceptors (Lipinski definition) is 2. The van der Waals surface area contributed by atoms with Gasteiger partial charge in [-0.25, -0.2) is 0 Å². The number of nitrogens with one attached hydrogen (secondary N) is 1. The van der Waals surface area contributed by atoms with Crippen molar-refractivity contribution in [2.24, 2.45) is 5.92 Å². The van der Waals surface area contributed by atoms with Gasteiger partial charge in [0.25, 0.3) is 0 Å². The highest BCUT2D eigenvalue weighted by Gasteiger charge is 2.12. The minimum atomic E-state index is 0.383. The van der Waals surface area contributed by atoms with Crippen LogP contribution in [0.5, 0.6) is 0 Å². The Morgan fingerprint density at radius 3 is 2.31 bits per heavy atom. The zero-order valence-corrected chi connectivity index (χ0v) is 11.7. The van der Waals surface area contributed by atoms with Crippen molar-refractivity contribution >= 4 is 0 Å². The Balaban J connectivity index is 3.52. The first-order valence-corrected chi connectivity index (χ1v) is 7.04. The first kappa shape index (κ1) is 15.9. The molecule has 0 aliphatic carbocycles. The Bertz CT molecular complexity index is 137. The summed E-state index contributed by atoms with van der Waals surface area (Å²) in [7, 11) is 0. The first-order valence-electron chi connectivity index (χ1n) is 7.04. The molecule has 0 saturated heterocycles. The standard InChI is InChI=1S/C14H31NO/c1-5-7-8-9-11-16-14(13(3)4)12-15-10-6-2/h13-15H,5-12H2,1-4H3. The van der Waals surface area contributed by atoms with E-state index < -0.39 is 0 Å². The highest BCUT2D eigenvalue weighted by Crippen LogP contribution is 2.07. The number of unbranched alkanes of at least 4 members (excludes halogenated alkanes) is 3. The van der Waals surface area contributed by atoms with E-state index in [1.807, 2.05) is 0 Å². The molecule has 0 heterocycles. The van der Waals surface area contributed by atoms with Gasteiger partial charge >= 0.3 is 0 Å². The minimum Gasteiger partial charge on any atom is -0.377 e. The van der Waals surface area contributed by atoms with Crippen LogP contribution in [0.4, 0.5) is 0 Å². The Hall–Kier alpha value is -0.0800. The summed E-state index contributed by atoms with van der Waals surface area (Å²) in [5.41, 5.74) is 0. The van der Waals surface area contributed by atoms with E-state index in [0.717, 1.165) is 19.7 Å². The second-order valence-electron chi connectivity index (χ2n) is 4.92. The molecule has 2 nitrogen and oxygen atoms in total. The van der Waals surface area contributed by atoms with E-state index in [0.29, 0.717) is 12.0 Å². The lowest BCUT2D eigenvalue weighted by Gasteiger charge is -2.22. The molecule has 98 valence electrons. The van der Waals surface area contributed by atoms with Gasteiger partial charge in [-0.2, -0.15) is 0 Å². The highest BCUT2D eigenvalue weighted by atomic mass is 16.5. The predicted molar refractivity (Wildman–Crippen MR) is 71.9 cm³/mol. The van der Waals surface area contributed by atoms with Crippen LogP contribution in [0.2, 0.25) is 0 Å². The molecule has 0 aromatic rings. The molecule has 1 atom stereocenters. The van der Waals surface area contributed by atoms with Crippen molar-refractivity contribution in [3.05, 3.63) is 0 Å². The van der Waals surface area contributed by atoms with Crippen molar-refractivity contribution in [2.75, 3.05) is 19.7 Å². The molecule has 0 amide bonds. The summed E-state index contributed by atoms with van der Waals surface area (Å²) in [5.74, 6) is 0.607. The molecule has 0 spiro atoms. The largest absolute Gasteiger partial charge is 0.377 e. The molecule has 0 aliphatic heterocycles. The monoisotopic (exact) mass is 229 g/mol. The quantitative estimate of drug-likeness (QED) is 0.547. The third-order valence-corrected chi connectivity index (χ3v) is 2.85. The van der Waals surface area contributed by atoms with E-state index >= 15 is 0 Å². The maximum atomic E-state index is 5.93. The van der Waals surface area contributed by atoms with Gasteiger partial charge in [0.15, 0.2) is 0 Å². The maximum Gasteiger partial charge on any atom is 0.0722 e. The zero-order valence-electron chi connectivity index (χ0n) is 11.7. The normalized spacial score (nSPS) is 13.3. The van der Waals surface area contributed by atoms with E-state index in [-0.39, 0.29) is 0 Å². The summed E-state index contributed by atoms with van der Waals surface area (Å²) < 4.78 is 5.93. The van der Waals surface area contributed by atoms with Gasteiger partial charge in [0.2, 0.25) is 0 Å². The van der Waals surface area contributed by atoms with Gasteiger partial charge in [0, 0.05) is 13.2 Å². The highest BCUT2D eigenvalue weighted by molar-refractivity contribution is 4.65. The Morgan fingerprint density at radius 1 is 1.00 bits per heavy atom. The van der Waals surface area contributed by atoms with Gasteiger partial charge in [0.1, 0.15) is 0 Å². The maximum absolute atomic E-state index is 5.93. The van der Waals surface area contributed by atoms with E-state index in [1.54, 1.807) is 0 Å². The smallest absolute Gasteiger partial charge is 0.0722 e. The Morgan fingerprint density at radius 2 is 1.75 bits per heavy atom. The second-order valence-corrected chi connectivity index (χ2v) is 4.92. The molecule has 2 heteroatoms. The molecule has 0 rings (SSSR count). The van der Waals surface area contributed by atoms with Crippen LogP contribution in [-0.2, 0) is 4.74 Å². The fourth-order valence-corrected chi connectivity index (χ4v) is 1.67. The number of rotatable bonds is 11. The van der Waals surface area contributed by atoms with Crippen LogP contribution < -0.4 is 5.32 Å². The van der Waals surface area contributed by atoms with Crippen LogP contribution in [0.25, 0.3) is 0 Å². The predicted octanol–water partition coefficient (Wildman–Crippen LogP) is 3.61. The first-order chi connectivity index (χ1) is 7.72. The third-order valence-electron chi connectivity index (χ3n) is 2.85. The van der Waals surface area contributed by atoms with Gasteiger partial charge in [-0.05, 0) is 25.3 Å². The van der Waals surface area contributed by atoms with Gasteiger partial charge in [0.05, 0.1) is 6.10 Å². The molecule has 1 unspecified atom stereocenters. The number of hydrogen-bond donors (Lipinski definition) is 1. The molecule has 0 aliphatic rings. The van der Waals surface area contributed by atoms with Gasteiger partial charge in [-0.3, -0.25) is 0 Å². The van der Waals surface area contributed by atoms with Gasteiger partial charge in [-0.1, -0.05) is 47.0 Å². The summed E-state index contributed by atoms with van der Waals surface area (Å²) >= 11 is 0. The summed E-state index contributed by atoms with van der Waals surface area (Å²) in [6.45, 7) is 11.9. The summed E-state index contributed by atoms with van der Waals surface area (Å²) in [4.78, 5) is 0. The lowest BCUT2D eigenvalue weighted by atomic mass is 10.1. The molecular weight excluding hydrogens is 198 g/mol. The third kappa shape index (κ3) is 9.17. The average molecular weight is 229 g/mol. The molecule has 0 saturated carbocycles. The molecule has 0 aromatic carbocycles. The van der Waals surface area contributed by atoms with Crippen molar-refractivity contribution in [3.8, 4) is 0 Å². The molecule has 1 N–H and O–H groups in total. The number of ether oxygens (including phenoxy) is 1. The lowest BCUT2D eigenvalue weighted by molar-refractivity contribution is 0.0209. The van der Waals surface area contributed by atoms with E-state index in [9.17, 15) is 0 Å². The lowest BCUT2D eigenvalue weighted by Crippen LogP contribution is -2.33. The summed E-state index contributed by atoms with van der Waals surface area (Å²) in [6, 6.07) is 0. The molecular formula is C14H31NO. The van der Waals surface area contributed by atoms with Crippen molar-refractivity contribution in [1.82, 2.24) is 5.32 Å². The van der Waals surface area contributed by atoms with E-state index in [2.05, 4.69) is 33.0 Å². The van der Waals surface area contributed by atoms with Crippen molar-refractivity contribution in [2.45, 2.75) is 65.9 Å². The van der Waals surface area contributed by atoms with E-state index in [1.165, 1.54) is 32.1 Å². The molecule has 16 heavy (non-hydrogen) atoms. The SMILES string of the molecule is CCCCCCOC(CNCCC)C(C)C. The van der Waals surface area contributed by atoms with Gasteiger partial charge < -0.3 is 10.1 Å². The summed E-state index contributed by atoms with van der Waals surface area (Å²) in [5, 5.41) is 3.44. The van der Waals surface area contributed by atoms with Crippen LogP contribution in [0.15, 0.2) is 0 Å². The molecule has 0 bridgehead atoms. The minimum absolute atomic E-state index is 0.383. The van der Waals surface area contributed by atoms with Crippen LogP contribution in [0.1, 0.15) is 59.8 Å². The van der Waals surface area contributed by atoms with Crippen molar-refractivity contribution in [3.63, 3.8) is 0 Å². The zero-order chi connectivity index (χ0) is 12.2. The van der Waals surface area contributed by atoms with E-state index in [4.69, 9.17) is 4.74 Å². The second kappa shape index (κ2) is 11.4. The summed E-state index contributed by atoms with van der Waals surface area (Å²) in [6.07, 6.45) is 6.74.